The molecule has 1 N–H and O–H groups in total. The number of carbonyl (C=O) groups excluding carboxylic acids is 3. The number of nitrogens with one attached hydrogen (secondary N) is 1. The van der Waals surface area contributed by atoms with Gasteiger partial charge in [0.25, 0.3) is 0 Å². The van der Waals surface area contributed by atoms with Crippen LogP contribution >= 0.6 is 0 Å². The van der Waals surface area contributed by atoms with Gasteiger partial charge in [0.15, 0.2) is 11.6 Å². The van der Waals surface area contributed by atoms with E-state index in [4.69, 9.17) is 0 Å². The van der Waals surface area contributed by atoms with E-state index in [0.29, 0.717) is 46.2 Å². The lowest BCUT2D eigenvalue weighted by Gasteiger charge is -2.17. The summed E-state index contributed by atoms with van der Waals surface area (Å²) < 4.78 is 0. The quantitative estimate of drug-likeness (QED) is 0.543. The van der Waals surface area contributed by atoms with Crippen molar-refractivity contribution in [2.75, 3.05) is 0 Å². The zero-order valence-electron chi connectivity index (χ0n) is 18.1. The maximum atomic E-state index is 13.6. The minimum absolute atomic E-state index is 0.220. The molecule has 0 spiro atoms. The second-order valence-corrected chi connectivity index (χ2v) is 7.60. The molecule has 0 radical (unpaired) electrons. The van der Waals surface area contributed by atoms with Gasteiger partial charge in [0.2, 0.25) is 5.91 Å². The third kappa shape index (κ3) is 5.16. The van der Waals surface area contributed by atoms with E-state index in [2.05, 4.69) is 11.4 Å². The Bertz CT molecular complexity index is 1180. The van der Waals surface area contributed by atoms with E-state index in [0.717, 1.165) is 0 Å². The summed E-state index contributed by atoms with van der Waals surface area (Å²) in [5.74, 6) is -0.750. The molecule has 5 nitrogen and oxygen atoms in total. The minimum Gasteiger partial charge on any atom is -0.341 e. The molecule has 0 heterocycles. The van der Waals surface area contributed by atoms with Crippen LogP contribution in [0.25, 0.3) is 0 Å². The Morgan fingerprint density at radius 3 is 1.88 bits per heavy atom. The number of nitrogens with zero attached hydrogens (tertiary/aromatic N) is 1. The van der Waals surface area contributed by atoms with E-state index in [1.54, 1.807) is 48.5 Å². The molecule has 32 heavy (non-hydrogen) atoms. The van der Waals surface area contributed by atoms with E-state index in [-0.39, 0.29) is 17.5 Å². The predicted molar refractivity (Wildman–Crippen MR) is 122 cm³/mol. The van der Waals surface area contributed by atoms with Gasteiger partial charge in [0, 0.05) is 29.2 Å². The van der Waals surface area contributed by atoms with Crippen LogP contribution in [0.3, 0.4) is 0 Å². The third-order valence-corrected chi connectivity index (χ3v) is 5.26. The SMILES string of the molecule is CC(=O)NC(C#N)CCc1ccc(C)c(C(=O)c2ccccc2)c1C(=O)c1ccccc1. The van der Waals surface area contributed by atoms with E-state index < -0.39 is 6.04 Å². The molecule has 3 aromatic rings. The minimum atomic E-state index is -0.679. The van der Waals surface area contributed by atoms with Crippen LogP contribution < -0.4 is 5.32 Å². The van der Waals surface area contributed by atoms with Crippen LogP contribution in [0.15, 0.2) is 72.8 Å². The van der Waals surface area contributed by atoms with Gasteiger partial charge >= 0.3 is 0 Å². The van der Waals surface area contributed by atoms with Gasteiger partial charge < -0.3 is 5.32 Å². The van der Waals surface area contributed by atoms with Crippen LogP contribution in [0.1, 0.15) is 56.3 Å². The maximum Gasteiger partial charge on any atom is 0.217 e. The molecule has 0 aliphatic rings. The van der Waals surface area contributed by atoms with Crippen molar-refractivity contribution in [3.8, 4) is 6.07 Å². The lowest BCUT2D eigenvalue weighted by Crippen LogP contribution is -2.32. The Labute approximate surface area is 187 Å². The number of ketones is 2. The van der Waals surface area contributed by atoms with Crippen LogP contribution in [0, 0.1) is 18.3 Å². The summed E-state index contributed by atoms with van der Waals surface area (Å²) >= 11 is 0. The summed E-state index contributed by atoms with van der Waals surface area (Å²) in [6.45, 7) is 3.17. The average molecular weight is 425 g/mol. The number of amides is 1. The molecule has 1 atom stereocenters. The molecule has 0 aliphatic heterocycles. The molecule has 5 heteroatoms. The average Bonchev–Trinajstić information content (AvgIpc) is 2.82. The lowest BCUT2D eigenvalue weighted by molar-refractivity contribution is -0.119. The van der Waals surface area contributed by atoms with Crippen molar-refractivity contribution in [2.24, 2.45) is 0 Å². The Morgan fingerprint density at radius 1 is 0.844 bits per heavy atom. The molecule has 3 rings (SSSR count). The Kier molecular flexibility index (Phi) is 7.30. The number of carbonyl (C=O) groups is 3. The fraction of sp³-hybridized carbons (Fsp3) is 0.185. The first kappa shape index (κ1) is 22.6. The topological polar surface area (TPSA) is 87.0 Å². The zero-order chi connectivity index (χ0) is 23.1. The molecule has 1 unspecified atom stereocenters. The van der Waals surface area contributed by atoms with Gasteiger partial charge in [-0.1, -0.05) is 72.8 Å². The highest BCUT2D eigenvalue weighted by Gasteiger charge is 2.25. The van der Waals surface area contributed by atoms with Crippen molar-refractivity contribution in [1.82, 2.24) is 5.32 Å². The Hall–Kier alpha value is -4.04. The second-order valence-electron chi connectivity index (χ2n) is 7.60. The van der Waals surface area contributed by atoms with Crippen LogP contribution in [0.4, 0.5) is 0 Å². The van der Waals surface area contributed by atoms with E-state index in [9.17, 15) is 19.6 Å². The highest BCUT2D eigenvalue weighted by molar-refractivity contribution is 6.20. The molecule has 0 bridgehead atoms. The van der Waals surface area contributed by atoms with Crippen molar-refractivity contribution < 1.29 is 14.4 Å². The number of hydrogen-bond donors (Lipinski definition) is 1. The van der Waals surface area contributed by atoms with Gasteiger partial charge in [-0.25, -0.2) is 0 Å². The lowest BCUT2D eigenvalue weighted by atomic mass is 9.85. The highest BCUT2D eigenvalue weighted by atomic mass is 16.1. The number of benzene rings is 3. The summed E-state index contributed by atoms with van der Waals surface area (Å²) in [7, 11) is 0. The third-order valence-electron chi connectivity index (χ3n) is 5.26. The normalized spacial score (nSPS) is 11.3. The maximum absolute atomic E-state index is 13.6. The van der Waals surface area contributed by atoms with Crippen LogP contribution in [-0.2, 0) is 11.2 Å². The van der Waals surface area contributed by atoms with Gasteiger partial charge in [-0.3, -0.25) is 14.4 Å². The summed E-state index contributed by atoms with van der Waals surface area (Å²) in [5.41, 5.74) is 3.10. The molecule has 3 aromatic carbocycles. The van der Waals surface area contributed by atoms with Crippen molar-refractivity contribution in [3.05, 3.63) is 106 Å². The Morgan fingerprint density at radius 2 is 1.38 bits per heavy atom. The fourth-order valence-corrected chi connectivity index (χ4v) is 3.69. The molecule has 0 saturated carbocycles. The number of nitriles is 1. The van der Waals surface area contributed by atoms with Gasteiger partial charge in [0.1, 0.15) is 6.04 Å². The fourth-order valence-electron chi connectivity index (χ4n) is 3.69. The number of hydrogen-bond acceptors (Lipinski definition) is 4. The van der Waals surface area contributed by atoms with E-state index in [1.807, 2.05) is 31.2 Å². The molecule has 0 fully saturated rings. The van der Waals surface area contributed by atoms with Crippen molar-refractivity contribution in [3.63, 3.8) is 0 Å². The van der Waals surface area contributed by atoms with Crippen LogP contribution in [0.5, 0.6) is 0 Å². The predicted octanol–water partition coefficient (Wildman–Crippen LogP) is 4.42. The molecular weight excluding hydrogens is 400 g/mol. The zero-order valence-corrected chi connectivity index (χ0v) is 18.1. The summed E-state index contributed by atoms with van der Waals surface area (Å²) in [4.78, 5) is 38.4. The van der Waals surface area contributed by atoms with Crippen molar-refractivity contribution >= 4 is 17.5 Å². The summed E-state index contributed by atoms with van der Waals surface area (Å²) in [5, 5.41) is 12.0. The second kappa shape index (κ2) is 10.3. The monoisotopic (exact) mass is 424 g/mol. The van der Waals surface area contributed by atoms with Crippen molar-refractivity contribution in [1.29, 1.82) is 5.26 Å². The van der Waals surface area contributed by atoms with Gasteiger partial charge in [-0.05, 0) is 30.9 Å². The first-order valence-electron chi connectivity index (χ1n) is 10.4. The smallest absolute Gasteiger partial charge is 0.217 e. The van der Waals surface area contributed by atoms with Crippen LogP contribution in [0.2, 0.25) is 0 Å². The molecular formula is C27H24N2O3. The first-order chi connectivity index (χ1) is 15.4. The van der Waals surface area contributed by atoms with Gasteiger partial charge in [-0.15, -0.1) is 0 Å². The van der Waals surface area contributed by atoms with Gasteiger partial charge in [0.05, 0.1) is 6.07 Å². The number of rotatable bonds is 8. The van der Waals surface area contributed by atoms with Crippen molar-refractivity contribution in [2.45, 2.75) is 32.7 Å². The van der Waals surface area contributed by atoms with Crippen LogP contribution in [-0.4, -0.2) is 23.5 Å². The van der Waals surface area contributed by atoms with Gasteiger partial charge in [-0.2, -0.15) is 5.26 Å². The molecule has 0 saturated heterocycles. The first-order valence-corrected chi connectivity index (χ1v) is 10.4. The summed E-state index contributed by atoms with van der Waals surface area (Å²) in [6.07, 6.45) is 0.689. The van der Waals surface area contributed by atoms with E-state index >= 15 is 0 Å². The standard InChI is InChI=1S/C27H24N2O3/c1-18-13-14-20(15-16-23(17-28)29-19(2)30)25(27(32)22-11-7-4-8-12-22)24(18)26(31)21-9-5-3-6-10-21/h3-14,23H,15-16H2,1-2H3,(H,29,30). The van der Waals surface area contributed by atoms with E-state index in [1.165, 1.54) is 6.92 Å². The summed E-state index contributed by atoms with van der Waals surface area (Å²) in [6, 6.07) is 22.8. The molecule has 160 valence electrons. The molecule has 1 amide bonds. The highest BCUT2D eigenvalue weighted by Crippen LogP contribution is 2.26. The molecule has 0 aliphatic carbocycles. The number of aryl methyl sites for hydroxylation is 2. The Balaban J connectivity index is 2.11. The largest absolute Gasteiger partial charge is 0.341 e. The molecule has 0 aromatic heterocycles.